The summed E-state index contributed by atoms with van der Waals surface area (Å²) in [5.41, 5.74) is 1.94. The van der Waals surface area contributed by atoms with E-state index in [1.807, 2.05) is 0 Å². The normalized spacial score (nSPS) is 23.4. The maximum absolute atomic E-state index is 12.5. The number of aromatic amines is 1. The Morgan fingerprint density at radius 1 is 1.15 bits per heavy atom. The van der Waals surface area contributed by atoms with Crippen LogP contribution in [0.4, 0.5) is 0 Å². The van der Waals surface area contributed by atoms with Crippen LogP contribution in [-0.4, -0.2) is 62.5 Å². The summed E-state index contributed by atoms with van der Waals surface area (Å²) in [6, 6.07) is 5.52. The molecule has 2 heterocycles. The number of likely N-dealkylation sites (tertiary alicyclic amines) is 1. The van der Waals surface area contributed by atoms with Gasteiger partial charge in [-0.15, -0.1) is 0 Å². The molecule has 8 heteroatoms. The molecule has 2 aromatic rings. The van der Waals surface area contributed by atoms with E-state index in [-0.39, 0.29) is 24.4 Å². The van der Waals surface area contributed by atoms with Crippen LogP contribution in [0.3, 0.4) is 0 Å². The van der Waals surface area contributed by atoms with E-state index in [0.717, 1.165) is 24.9 Å². The summed E-state index contributed by atoms with van der Waals surface area (Å²) in [4.78, 5) is 25.9. The van der Waals surface area contributed by atoms with Crippen molar-refractivity contribution in [3.8, 4) is 0 Å². The maximum Gasteiger partial charge on any atom is 0.304 e. The van der Waals surface area contributed by atoms with Gasteiger partial charge in [0.15, 0.2) is 0 Å². The van der Waals surface area contributed by atoms with Crippen molar-refractivity contribution in [2.24, 2.45) is 5.92 Å². The van der Waals surface area contributed by atoms with Gasteiger partial charge < -0.3 is 10.4 Å². The Hall–Kier alpha value is -2.48. The molecule has 1 aliphatic heterocycles. The van der Waals surface area contributed by atoms with Crippen molar-refractivity contribution in [1.29, 1.82) is 0 Å². The predicted molar refractivity (Wildman–Crippen MR) is 94.7 cm³/mol. The Morgan fingerprint density at radius 3 is 2.69 bits per heavy atom. The van der Waals surface area contributed by atoms with Crippen LogP contribution in [0.15, 0.2) is 18.2 Å². The molecule has 1 aromatic carbocycles. The standard InChI is InChI=1S/C18H23N5O3/c24-17(25)8-13-4-5-14(23(13)10-11-1-2-11)9-19-18(26)12-3-6-15-16(7-12)21-22-20-15/h3,6-7,11,13-14H,1-2,4-5,8-10H2,(H,19,26)(H,24,25)(H,20,21,22)/t13-,14+/m1/s1. The highest BCUT2D eigenvalue weighted by Crippen LogP contribution is 2.35. The third kappa shape index (κ3) is 3.70. The molecule has 1 aromatic heterocycles. The van der Waals surface area contributed by atoms with Gasteiger partial charge in [-0.1, -0.05) is 0 Å². The fraction of sp³-hybridized carbons (Fsp3) is 0.556. The number of rotatable bonds is 7. The van der Waals surface area contributed by atoms with Crippen LogP contribution in [0.25, 0.3) is 11.0 Å². The van der Waals surface area contributed by atoms with Crippen molar-refractivity contribution in [3.05, 3.63) is 23.8 Å². The zero-order valence-electron chi connectivity index (χ0n) is 14.5. The minimum atomic E-state index is -0.749. The van der Waals surface area contributed by atoms with E-state index in [4.69, 9.17) is 5.11 Å². The Morgan fingerprint density at radius 2 is 1.92 bits per heavy atom. The Kier molecular flexibility index (Phi) is 4.58. The average molecular weight is 357 g/mol. The van der Waals surface area contributed by atoms with E-state index in [0.29, 0.717) is 23.5 Å². The first-order valence-electron chi connectivity index (χ1n) is 9.16. The van der Waals surface area contributed by atoms with Gasteiger partial charge in [0.1, 0.15) is 11.0 Å². The number of fused-ring (bicyclic) bond motifs is 1. The van der Waals surface area contributed by atoms with E-state index >= 15 is 0 Å². The van der Waals surface area contributed by atoms with Crippen LogP contribution in [0, 0.1) is 5.92 Å². The summed E-state index contributed by atoms with van der Waals surface area (Å²) in [6.45, 7) is 1.49. The number of nitrogens with zero attached hydrogens (tertiary/aromatic N) is 3. The van der Waals surface area contributed by atoms with Gasteiger partial charge in [-0.25, -0.2) is 0 Å². The average Bonchev–Trinajstić information content (AvgIpc) is 3.18. The maximum atomic E-state index is 12.5. The van der Waals surface area contributed by atoms with Crippen molar-refractivity contribution in [1.82, 2.24) is 25.6 Å². The number of carboxylic acids is 1. The molecule has 138 valence electrons. The topological polar surface area (TPSA) is 111 Å². The lowest BCUT2D eigenvalue weighted by Gasteiger charge is -2.29. The van der Waals surface area contributed by atoms with E-state index in [1.54, 1.807) is 18.2 Å². The van der Waals surface area contributed by atoms with Crippen molar-refractivity contribution in [2.75, 3.05) is 13.1 Å². The summed E-state index contributed by atoms with van der Waals surface area (Å²) in [5.74, 6) is -0.193. The van der Waals surface area contributed by atoms with Crippen molar-refractivity contribution in [3.63, 3.8) is 0 Å². The van der Waals surface area contributed by atoms with Gasteiger partial charge in [-0.05, 0) is 49.8 Å². The van der Waals surface area contributed by atoms with Crippen LogP contribution in [0.1, 0.15) is 42.5 Å². The number of aromatic nitrogens is 3. The van der Waals surface area contributed by atoms with Gasteiger partial charge in [0.05, 0.1) is 6.42 Å². The van der Waals surface area contributed by atoms with Crippen LogP contribution < -0.4 is 5.32 Å². The highest BCUT2D eigenvalue weighted by molar-refractivity contribution is 5.97. The van der Waals surface area contributed by atoms with Gasteiger partial charge in [0.25, 0.3) is 5.91 Å². The molecule has 0 spiro atoms. The molecule has 4 rings (SSSR count). The molecule has 2 aliphatic rings. The van der Waals surface area contributed by atoms with Gasteiger partial charge in [0.2, 0.25) is 0 Å². The second kappa shape index (κ2) is 7.03. The molecule has 1 saturated heterocycles. The summed E-state index contributed by atoms with van der Waals surface area (Å²) in [6.07, 6.45) is 4.44. The molecule has 1 saturated carbocycles. The zero-order chi connectivity index (χ0) is 18.1. The minimum absolute atomic E-state index is 0.0847. The van der Waals surface area contributed by atoms with Crippen LogP contribution in [0.5, 0.6) is 0 Å². The molecule has 2 fully saturated rings. The smallest absolute Gasteiger partial charge is 0.304 e. The Labute approximate surface area is 150 Å². The number of benzene rings is 1. The summed E-state index contributed by atoms with van der Waals surface area (Å²) < 4.78 is 0. The number of nitrogens with one attached hydrogen (secondary N) is 2. The second-order valence-corrected chi connectivity index (χ2v) is 7.36. The predicted octanol–water partition coefficient (Wildman–Crippen LogP) is 1.41. The lowest BCUT2D eigenvalue weighted by molar-refractivity contribution is -0.138. The first-order valence-corrected chi connectivity index (χ1v) is 9.16. The summed E-state index contributed by atoms with van der Waals surface area (Å²) >= 11 is 0. The monoisotopic (exact) mass is 357 g/mol. The third-order valence-electron chi connectivity index (χ3n) is 5.42. The number of carboxylic acid groups (broad SMARTS) is 1. The largest absolute Gasteiger partial charge is 0.481 e. The highest BCUT2D eigenvalue weighted by Gasteiger charge is 2.38. The number of amides is 1. The molecule has 26 heavy (non-hydrogen) atoms. The fourth-order valence-corrected chi connectivity index (χ4v) is 3.85. The number of H-pyrrole nitrogens is 1. The quantitative estimate of drug-likeness (QED) is 0.691. The summed E-state index contributed by atoms with van der Waals surface area (Å²) in [7, 11) is 0. The van der Waals surface area contributed by atoms with Gasteiger partial charge in [-0.3, -0.25) is 14.5 Å². The first-order chi connectivity index (χ1) is 12.6. The highest BCUT2D eigenvalue weighted by atomic mass is 16.4. The third-order valence-corrected chi connectivity index (χ3v) is 5.42. The lowest BCUT2D eigenvalue weighted by Crippen LogP contribution is -2.44. The molecular weight excluding hydrogens is 334 g/mol. The van der Waals surface area contributed by atoms with Gasteiger partial charge >= 0.3 is 5.97 Å². The van der Waals surface area contributed by atoms with E-state index in [2.05, 4.69) is 25.6 Å². The van der Waals surface area contributed by atoms with Gasteiger partial charge in [0, 0.05) is 30.7 Å². The number of hydrogen-bond acceptors (Lipinski definition) is 5. The SMILES string of the molecule is O=C(O)C[C@H]1CC[C@@H](CNC(=O)c2ccc3n[nH]nc3c2)N1CC1CC1. The molecule has 3 N–H and O–H groups in total. The molecule has 1 amide bonds. The number of hydrogen-bond donors (Lipinski definition) is 3. The molecule has 8 nitrogen and oxygen atoms in total. The molecule has 0 unspecified atom stereocenters. The zero-order valence-corrected chi connectivity index (χ0v) is 14.5. The van der Waals surface area contributed by atoms with E-state index in [9.17, 15) is 9.59 Å². The van der Waals surface area contributed by atoms with Crippen molar-refractivity contribution in [2.45, 2.75) is 44.2 Å². The van der Waals surface area contributed by atoms with Crippen molar-refractivity contribution < 1.29 is 14.7 Å². The first kappa shape index (κ1) is 17.0. The Balaban J connectivity index is 1.38. The van der Waals surface area contributed by atoms with Crippen LogP contribution in [-0.2, 0) is 4.79 Å². The van der Waals surface area contributed by atoms with Crippen molar-refractivity contribution >= 4 is 22.9 Å². The lowest BCUT2D eigenvalue weighted by atomic mass is 10.1. The van der Waals surface area contributed by atoms with Gasteiger partial charge in [-0.2, -0.15) is 15.4 Å². The molecular formula is C18H23N5O3. The molecule has 0 radical (unpaired) electrons. The molecule has 1 aliphatic carbocycles. The number of aliphatic carboxylic acids is 1. The summed E-state index contributed by atoms with van der Waals surface area (Å²) in [5, 5.41) is 22.7. The van der Waals surface area contributed by atoms with Crippen LogP contribution in [0.2, 0.25) is 0 Å². The molecule has 0 bridgehead atoms. The second-order valence-electron chi connectivity index (χ2n) is 7.36. The van der Waals surface area contributed by atoms with E-state index in [1.165, 1.54) is 12.8 Å². The number of carbonyl (C=O) groups excluding carboxylic acids is 1. The molecule has 2 atom stereocenters. The fourth-order valence-electron chi connectivity index (χ4n) is 3.85. The Bertz CT molecular complexity index is 816. The van der Waals surface area contributed by atoms with E-state index < -0.39 is 5.97 Å². The number of carbonyl (C=O) groups is 2. The minimum Gasteiger partial charge on any atom is -0.481 e. The van der Waals surface area contributed by atoms with Crippen LogP contribution >= 0.6 is 0 Å².